The molecule has 3 aromatic rings. The zero-order valence-corrected chi connectivity index (χ0v) is 13.2. The molecule has 0 saturated carbocycles. The van der Waals surface area contributed by atoms with Crippen LogP contribution in [-0.4, -0.2) is 18.7 Å². The first-order valence-corrected chi connectivity index (χ1v) is 7.14. The number of hydrogen-bond acceptors (Lipinski definition) is 4. The number of allylic oxidation sites excluding steroid dienone is 1. The lowest BCUT2D eigenvalue weighted by Gasteiger charge is -2.07. The van der Waals surface area contributed by atoms with Gasteiger partial charge in [-0.3, -0.25) is 18.5 Å². The molecule has 0 unspecified atom stereocenters. The average Bonchev–Trinajstić information content (AvgIpc) is 2.92. The predicted molar refractivity (Wildman–Crippen MR) is 86.9 cm³/mol. The van der Waals surface area contributed by atoms with Crippen LogP contribution in [0.15, 0.2) is 46.5 Å². The number of aryl methyl sites for hydroxylation is 1. The summed E-state index contributed by atoms with van der Waals surface area (Å²) in [5.74, 6) is -0.0305. The van der Waals surface area contributed by atoms with E-state index in [1.807, 2.05) is 0 Å². The predicted octanol–water partition coefficient (Wildman–Crippen LogP) is 1.55. The van der Waals surface area contributed by atoms with Crippen LogP contribution in [0.4, 0.5) is 4.39 Å². The van der Waals surface area contributed by atoms with Gasteiger partial charge in [-0.05, 0) is 24.3 Å². The Balaban J connectivity index is 2.26. The molecule has 7 nitrogen and oxygen atoms in total. The molecular weight excluding hydrogens is 315 g/mol. The van der Waals surface area contributed by atoms with Gasteiger partial charge in [0.05, 0.1) is 0 Å². The number of rotatable bonds is 4. The summed E-state index contributed by atoms with van der Waals surface area (Å²) in [5, 5.41) is 0. The average molecular weight is 330 g/mol. The monoisotopic (exact) mass is 330 g/mol. The maximum atomic E-state index is 13.0. The number of fused-ring (bicyclic) bond motifs is 1. The first kappa shape index (κ1) is 15.7. The number of hydrogen-bond donors (Lipinski definition) is 0. The second kappa shape index (κ2) is 5.80. The molecule has 8 heteroatoms. The fraction of sp³-hybridized carbons (Fsp3) is 0.188. The van der Waals surface area contributed by atoms with Crippen LogP contribution in [0, 0.1) is 5.82 Å². The van der Waals surface area contributed by atoms with Gasteiger partial charge in [0.2, 0.25) is 0 Å². The Morgan fingerprint density at radius 1 is 1.21 bits per heavy atom. The summed E-state index contributed by atoms with van der Waals surface area (Å²) in [6.45, 7) is 3.93. The van der Waals surface area contributed by atoms with Gasteiger partial charge in [-0.2, -0.15) is 4.98 Å². The molecule has 24 heavy (non-hydrogen) atoms. The lowest BCUT2D eigenvalue weighted by Crippen LogP contribution is -2.37. The third-order valence-electron chi connectivity index (χ3n) is 3.65. The van der Waals surface area contributed by atoms with Crippen molar-refractivity contribution in [2.45, 2.75) is 6.54 Å². The molecular formula is C16H15FN4O3. The van der Waals surface area contributed by atoms with Crippen molar-refractivity contribution in [3.8, 4) is 11.8 Å². The molecule has 2 heterocycles. The molecule has 0 aliphatic heterocycles. The molecule has 1 aromatic carbocycles. The van der Waals surface area contributed by atoms with E-state index in [1.54, 1.807) is 6.08 Å². The van der Waals surface area contributed by atoms with Crippen molar-refractivity contribution in [3.63, 3.8) is 0 Å². The number of aromatic nitrogens is 4. The minimum Gasteiger partial charge on any atom is -0.425 e. The van der Waals surface area contributed by atoms with Crippen LogP contribution in [0.25, 0.3) is 11.2 Å². The van der Waals surface area contributed by atoms with Gasteiger partial charge in [0.1, 0.15) is 11.6 Å². The Bertz CT molecular complexity index is 1040. The number of ether oxygens (including phenoxy) is 1. The zero-order valence-electron chi connectivity index (χ0n) is 13.2. The van der Waals surface area contributed by atoms with Crippen molar-refractivity contribution in [1.29, 1.82) is 0 Å². The van der Waals surface area contributed by atoms with Gasteiger partial charge in [0.15, 0.2) is 11.2 Å². The van der Waals surface area contributed by atoms with Crippen molar-refractivity contribution in [2.24, 2.45) is 14.1 Å². The van der Waals surface area contributed by atoms with Crippen LogP contribution in [-0.2, 0) is 20.6 Å². The van der Waals surface area contributed by atoms with E-state index in [0.717, 1.165) is 4.57 Å². The van der Waals surface area contributed by atoms with E-state index in [4.69, 9.17) is 4.74 Å². The molecule has 0 saturated heterocycles. The first-order valence-electron chi connectivity index (χ1n) is 7.14. The van der Waals surface area contributed by atoms with Crippen LogP contribution in [0.3, 0.4) is 0 Å². The molecule has 0 spiro atoms. The molecule has 0 atom stereocenters. The minimum absolute atomic E-state index is 0.120. The standard InChI is InChI=1S/C16H15FN4O3/c1-4-9-21-12-13(19(2)16(23)20(3)14(12)22)18-15(21)24-11-7-5-10(17)6-8-11/h4-8H,1,9H2,2-3H3. The molecule has 2 aromatic heterocycles. The first-order chi connectivity index (χ1) is 11.4. The molecule has 0 bridgehead atoms. The molecule has 0 amide bonds. The molecule has 124 valence electrons. The van der Waals surface area contributed by atoms with Crippen LogP contribution in [0.2, 0.25) is 0 Å². The third kappa shape index (κ3) is 2.41. The van der Waals surface area contributed by atoms with Gasteiger partial charge in [-0.1, -0.05) is 6.08 Å². The maximum Gasteiger partial charge on any atom is 0.332 e. The maximum absolute atomic E-state index is 13.0. The molecule has 0 radical (unpaired) electrons. The summed E-state index contributed by atoms with van der Waals surface area (Å²) in [6, 6.07) is 5.53. The zero-order chi connectivity index (χ0) is 17.4. The van der Waals surface area contributed by atoms with E-state index < -0.39 is 17.1 Å². The highest BCUT2D eigenvalue weighted by Crippen LogP contribution is 2.24. The van der Waals surface area contributed by atoms with Crippen LogP contribution < -0.4 is 16.0 Å². The highest BCUT2D eigenvalue weighted by atomic mass is 19.1. The minimum atomic E-state index is -0.482. The van der Waals surface area contributed by atoms with Crippen molar-refractivity contribution in [3.05, 3.63) is 63.6 Å². The molecule has 0 aliphatic carbocycles. The summed E-state index contributed by atoms with van der Waals surface area (Å²) < 4.78 is 22.5. The van der Waals surface area contributed by atoms with Gasteiger partial charge >= 0.3 is 11.7 Å². The van der Waals surface area contributed by atoms with E-state index in [-0.39, 0.29) is 23.7 Å². The van der Waals surface area contributed by atoms with Crippen molar-refractivity contribution < 1.29 is 9.13 Å². The summed E-state index contributed by atoms with van der Waals surface area (Å²) in [6.07, 6.45) is 1.59. The number of nitrogens with zero attached hydrogens (tertiary/aromatic N) is 4. The van der Waals surface area contributed by atoms with Crippen LogP contribution in [0.1, 0.15) is 0 Å². The summed E-state index contributed by atoms with van der Waals surface area (Å²) in [4.78, 5) is 28.8. The van der Waals surface area contributed by atoms with Gasteiger partial charge in [-0.25, -0.2) is 9.18 Å². The van der Waals surface area contributed by atoms with Crippen LogP contribution in [0.5, 0.6) is 11.8 Å². The fourth-order valence-electron chi connectivity index (χ4n) is 2.41. The number of benzene rings is 1. The molecule has 3 rings (SSSR count). The van der Waals surface area contributed by atoms with E-state index in [2.05, 4.69) is 11.6 Å². The smallest absolute Gasteiger partial charge is 0.332 e. The van der Waals surface area contributed by atoms with Crippen molar-refractivity contribution >= 4 is 11.2 Å². The topological polar surface area (TPSA) is 71.1 Å². The summed E-state index contributed by atoms with van der Waals surface area (Å²) in [7, 11) is 2.92. The highest BCUT2D eigenvalue weighted by Gasteiger charge is 2.19. The van der Waals surface area contributed by atoms with E-state index >= 15 is 0 Å². The Labute approximate surface area is 135 Å². The van der Waals surface area contributed by atoms with E-state index in [1.165, 1.54) is 47.5 Å². The molecule has 0 N–H and O–H groups in total. The number of imidazole rings is 1. The van der Waals surface area contributed by atoms with Crippen molar-refractivity contribution in [2.75, 3.05) is 0 Å². The van der Waals surface area contributed by atoms with E-state index in [0.29, 0.717) is 5.75 Å². The lowest BCUT2D eigenvalue weighted by molar-refractivity contribution is 0.421. The molecule has 0 aliphatic rings. The fourth-order valence-corrected chi connectivity index (χ4v) is 2.41. The van der Waals surface area contributed by atoms with Gasteiger partial charge in [-0.15, -0.1) is 6.58 Å². The second-order valence-electron chi connectivity index (χ2n) is 5.23. The SMILES string of the molecule is C=CCn1c(Oc2ccc(F)cc2)nc2c1c(=O)n(C)c(=O)n2C. The Morgan fingerprint density at radius 2 is 1.88 bits per heavy atom. The van der Waals surface area contributed by atoms with Gasteiger partial charge in [0.25, 0.3) is 5.56 Å². The van der Waals surface area contributed by atoms with E-state index in [9.17, 15) is 14.0 Å². The number of halogens is 1. The Morgan fingerprint density at radius 3 is 2.50 bits per heavy atom. The Kier molecular flexibility index (Phi) is 3.80. The third-order valence-corrected chi connectivity index (χ3v) is 3.65. The second-order valence-corrected chi connectivity index (χ2v) is 5.23. The van der Waals surface area contributed by atoms with Gasteiger partial charge < -0.3 is 4.74 Å². The highest BCUT2D eigenvalue weighted by molar-refractivity contribution is 5.72. The largest absolute Gasteiger partial charge is 0.425 e. The molecule has 0 fully saturated rings. The van der Waals surface area contributed by atoms with Gasteiger partial charge in [0, 0.05) is 20.6 Å². The summed E-state index contributed by atoms with van der Waals surface area (Å²) >= 11 is 0. The Hall–Kier alpha value is -3.16. The quantitative estimate of drug-likeness (QED) is 0.681. The lowest BCUT2D eigenvalue weighted by atomic mass is 10.3. The summed E-state index contributed by atoms with van der Waals surface area (Å²) in [5.41, 5.74) is -0.515. The normalized spacial score (nSPS) is 11.0. The van der Waals surface area contributed by atoms with Crippen molar-refractivity contribution in [1.82, 2.24) is 18.7 Å². The van der Waals surface area contributed by atoms with Crippen LogP contribution >= 0.6 is 0 Å².